The Morgan fingerprint density at radius 2 is 1.89 bits per heavy atom. The van der Waals surface area contributed by atoms with Crippen molar-refractivity contribution in [3.05, 3.63) is 35.4 Å². The average Bonchev–Trinajstić information content (AvgIpc) is 2.78. The number of amidine groups is 1. The second-order valence-electron chi connectivity index (χ2n) is 5.33. The lowest BCUT2D eigenvalue weighted by Gasteiger charge is -2.15. The van der Waals surface area contributed by atoms with Crippen molar-refractivity contribution in [1.29, 1.82) is 0 Å². The Kier molecular flexibility index (Phi) is 4.33. The van der Waals surface area contributed by atoms with Gasteiger partial charge in [0.05, 0.1) is 12.1 Å². The monoisotopic (exact) mass is 262 g/mol. The van der Waals surface area contributed by atoms with Gasteiger partial charge in [-0.15, -0.1) is 0 Å². The zero-order valence-corrected chi connectivity index (χ0v) is 12.4. The number of aryl methyl sites for hydroxylation is 1. The Morgan fingerprint density at radius 1 is 1.22 bits per heavy atom. The summed E-state index contributed by atoms with van der Waals surface area (Å²) in [7, 11) is 0. The van der Waals surface area contributed by atoms with Gasteiger partial charge in [0, 0.05) is 5.75 Å². The van der Waals surface area contributed by atoms with Crippen LogP contribution < -0.4 is 5.32 Å². The molecule has 3 heteroatoms. The molecule has 0 aromatic heterocycles. The van der Waals surface area contributed by atoms with Gasteiger partial charge in [-0.2, -0.15) is 0 Å². The summed E-state index contributed by atoms with van der Waals surface area (Å²) in [6, 6.07) is 9.49. The van der Waals surface area contributed by atoms with Gasteiger partial charge in [0.15, 0.2) is 5.17 Å². The molecule has 0 fully saturated rings. The molecule has 1 aromatic rings. The molecule has 0 saturated heterocycles. The van der Waals surface area contributed by atoms with E-state index in [4.69, 9.17) is 4.99 Å². The van der Waals surface area contributed by atoms with Crippen molar-refractivity contribution >= 4 is 16.9 Å². The molecule has 2 nitrogen and oxygen atoms in total. The molecule has 98 valence electrons. The van der Waals surface area contributed by atoms with Gasteiger partial charge in [-0.25, -0.2) is 0 Å². The van der Waals surface area contributed by atoms with E-state index >= 15 is 0 Å². The summed E-state index contributed by atoms with van der Waals surface area (Å²) in [5, 5.41) is 4.61. The Labute approximate surface area is 114 Å². The number of thioether (sulfide) groups is 1. The number of nitrogens with one attached hydrogen (secondary N) is 1. The first-order chi connectivity index (χ1) is 8.56. The first kappa shape index (κ1) is 13.5. The molecule has 1 aromatic carbocycles. The van der Waals surface area contributed by atoms with Crippen LogP contribution in [0.15, 0.2) is 29.3 Å². The summed E-state index contributed by atoms with van der Waals surface area (Å²) in [6.45, 7) is 8.78. The highest BCUT2D eigenvalue weighted by Gasteiger charge is 2.22. The quantitative estimate of drug-likeness (QED) is 0.896. The van der Waals surface area contributed by atoms with Crippen molar-refractivity contribution in [3.63, 3.8) is 0 Å². The number of nitrogens with zero attached hydrogens (tertiary/aromatic N) is 1. The van der Waals surface area contributed by atoms with Crippen molar-refractivity contribution in [1.82, 2.24) is 5.32 Å². The van der Waals surface area contributed by atoms with Crippen LogP contribution in [0.25, 0.3) is 0 Å². The molecule has 0 saturated carbocycles. The molecule has 2 atom stereocenters. The average molecular weight is 262 g/mol. The first-order valence-corrected chi connectivity index (χ1v) is 7.58. The minimum Gasteiger partial charge on any atom is -0.358 e. The molecule has 2 rings (SSSR count). The van der Waals surface area contributed by atoms with Crippen LogP contribution in [0, 0.1) is 12.8 Å². The third-order valence-electron chi connectivity index (χ3n) is 3.36. The molecule has 1 aliphatic rings. The van der Waals surface area contributed by atoms with Crippen molar-refractivity contribution < 1.29 is 0 Å². The maximum Gasteiger partial charge on any atom is 0.157 e. The number of hydrogen-bond acceptors (Lipinski definition) is 3. The lowest BCUT2D eigenvalue weighted by Crippen LogP contribution is -2.23. The summed E-state index contributed by atoms with van der Waals surface area (Å²) in [5.74, 6) is 1.74. The van der Waals surface area contributed by atoms with Gasteiger partial charge in [0.25, 0.3) is 0 Å². The van der Waals surface area contributed by atoms with Gasteiger partial charge in [0.1, 0.15) is 0 Å². The predicted molar refractivity (Wildman–Crippen MR) is 81.2 cm³/mol. The summed E-state index contributed by atoms with van der Waals surface area (Å²) in [4.78, 5) is 4.74. The van der Waals surface area contributed by atoms with Crippen molar-refractivity contribution in [3.8, 4) is 0 Å². The summed E-state index contributed by atoms with van der Waals surface area (Å²) in [6.07, 6.45) is 0. The molecule has 0 amide bonds. The summed E-state index contributed by atoms with van der Waals surface area (Å²) >= 11 is 1.84. The van der Waals surface area contributed by atoms with Crippen molar-refractivity contribution in [2.75, 3.05) is 5.75 Å². The van der Waals surface area contributed by atoms with E-state index in [1.807, 2.05) is 11.8 Å². The highest BCUT2D eigenvalue weighted by atomic mass is 32.2. The fraction of sp³-hybridized carbons (Fsp3) is 0.533. The zero-order chi connectivity index (χ0) is 13.1. The van der Waals surface area contributed by atoms with Crippen LogP contribution in [0.3, 0.4) is 0 Å². The first-order valence-electron chi connectivity index (χ1n) is 6.60. The largest absolute Gasteiger partial charge is 0.358 e. The van der Waals surface area contributed by atoms with E-state index in [1.54, 1.807) is 0 Å². The van der Waals surface area contributed by atoms with Crippen LogP contribution >= 0.6 is 11.8 Å². The molecule has 1 heterocycles. The SMILES string of the molecule is Cc1ccc(C(C)NC2=N[C@@H](C(C)C)CS2)cc1. The number of benzene rings is 1. The minimum absolute atomic E-state index is 0.322. The van der Waals surface area contributed by atoms with E-state index in [9.17, 15) is 0 Å². The number of aliphatic imine (C=N–C) groups is 1. The van der Waals surface area contributed by atoms with Gasteiger partial charge in [-0.3, -0.25) is 4.99 Å². The maximum absolute atomic E-state index is 4.74. The summed E-state index contributed by atoms with van der Waals surface area (Å²) < 4.78 is 0. The maximum atomic E-state index is 4.74. The number of hydrogen-bond donors (Lipinski definition) is 1. The van der Waals surface area contributed by atoms with E-state index < -0.39 is 0 Å². The second-order valence-corrected chi connectivity index (χ2v) is 6.34. The van der Waals surface area contributed by atoms with E-state index in [-0.39, 0.29) is 0 Å². The molecular formula is C15H22N2S. The number of rotatable bonds is 3. The zero-order valence-electron chi connectivity index (χ0n) is 11.6. The van der Waals surface area contributed by atoms with Gasteiger partial charge in [0.2, 0.25) is 0 Å². The molecule has 0 radical (unpaired) electrons. The van der Waals surface area contributed by atoms with E-state index in [0.29, 0.717) is 18.0 Å². The van der Waals surface area contributed by atoms with Crippen LogP contribution in [-0.4, -0.2) is 17.0 Å². The molecule has 18 heavy (non-hydrogen) atoms. The van der Waals surface area contributed by atoms with Crippen molar-refractivity contribution in [2.45, 2.75) is 39.8 Å². The van der Waals surface area contributed by atoms with Crippen molar-refractivity contribution in [2.24, 2.45) is 10.9 Å². The fourth-order valence-electron chi connectivity index (χ4n) is 1.93. The minimum atomic E-state index is 0.322. The Balaban J connectivity index is 1.98. The van der Waals surface area contributed by atoms with Gasteiger partial charge < -0.3 is 5.32 Å². The van der Waals surface area contributed by atoms with E-state index in [0.717, 1.165) is 10.9 Å². The predicted octanol–water partition coefficient (Wildman–Crippen LogP) is 3.77. The fourth-order valence-corrected chi connectivity index (χ4v) is 3.19. The molecule has 0 aliphatic carbocycles. The third-order valence-corrected chi connectivity index (χ3v) is 4.37. The van der Waals surface area contributed by atoms with Crippen LogP contribution in [0.1, 0.15) is 37.9 Å². The molecule has 1 aliphatic heterocycles. The van der Waals surface area contributed by atoms with Crippen LogP contribution in [0.5, 0.6) is 0 Å². The molecule has 1 unspecified atom stereocenters. The van der Waals surface area contributed by atoms with Gasteiger partial charge in [-0.05, 0) is 25.3 Å². The standard InChI is InChI=1S/C15H22N2S/c1-10(2)14-9-18-15(17-14)16-12(4)13-7-5-11(3)6-8-13/h5-8,10,12,14H,9H2,1-4H3,(H,16,17)/t12?,14-/m1/s1. The van der Waals surface area contributed by atoms with E-state index in [2.05, 4.69) is 57.3 Å². The Hall–Kier alpha value is -0.960. The normalized spacial score (nSPS) is 20.9. The Bertz CT molecular complexity index is 423. The highest BCUT2D eigenvalue weighted by Crippen LogP contribution is 2.24. The molecule has 0 spiro atoms. The highest BCUT2D eigenvalue weighted by molar-refractivity contribution is 8.14. The topological polar surface area (TPSA) is 24.4 Å². The Morgan fingerprint density at radius 3 is 2.44 bits per heavy atom. The lowest BCUT2D eigenvalue weighted by molar-refractivity contribution is 0.541. The molecule has 0 bridgehead atoms. The van der Waals surface area contributed by atoms with Crippen LogP contribution in [0.4, 0.5) is 0 Å². The third kappa shape index (κ3) is 3.29. The smallest absolute Gasteiger partial charge is 0.157 e. The summed E-state index contributed by atoms with van der Waals surface area (Å²) in [5.41, 5.74) is 2.62. The van der Waals surface area contributed by atoms with Crippen LogP contribution in [0.2, 0.25) is 0 Å². The molecular weight excluding hydrogens is 240 g/mol. The van der Waals surface area contributed by atoms with Crippen LogP contribution in [-0.2, 0) is 0 Å². The van der Waals surface area contributed by atoms with Gasteiger partial charge in [-0.1, -0.05) is 55.4 Å². The van der Waals surface area contributed by atoms with E-state index in [1.165, 1.54) is 11.1 Å². The lowest BCUT2D eigenvalue weighted by atomic mass is 10.1. The van der Waals surface area contributed by atoms with Gasteiger partial charge >= 0.3 is 0 Å². The molecule has 1 N–H and O–H groups in total. The second kappa shape index (κ2) is 5.79.